The Hall–Kier alpha value is -1.14. The number of piperidine rings is 1. The predicted molar refractivity (Wildman–Crippen MR) is 59.4 cm³/mol. The molecule has 3 N–H and O–H groups in total. The summed E-state index contributed by atoms with van der Waals surface area (Å²) in [4.78, 5) is 13.5. The van der Waals surface area contributed by atoms with Crippen molar-refractivity contribution in [3.8, 4) is 0 Å². The van der Waals surface area contributed by atoms with Crippen molar-refractivity contribution in [1.29, 1.82) is 0 Å². The van der Waals surface area contributed by atoms with Gasteiger partial charge < -0.3 is 15.7 Å². The highest BCUT2D eigenvalue weighted by molar-refractivity contribution is 7.06. The quantitative estimate of drug-likeness (QED) is 0.791. The molecule has 1 aromatic heterocycles. The molecule has 1 aromatic rings. The molecule has 1 amide bonds. The van der Waals surface area contributed by atoms with E-state index in [1.165, 1.54) is 21.3 Å². The molecule has 1 saturated carbocycles. The number of rotatable bonds is 2. The number of carboxylic acid groups (broad SMARTS) is 1. The molecule has 2 fully saturated rings. The van der Waals surface area contributed by atoms with E-state index in [-0.39, 0.29) is 5.41 Å². The van der Waals surface area contributed by atoms with Crippen LogP contribution in [-0.2, 0) is 5.41 Å². The molecular formula is C10H13N3O2S. The van der Waals surface area contributed by atoms with Gasteiger partial charge in [-0.15, -0.1) is 0 Å². The van der Waals surface area contributed by atoms with Crippen LogP contribution in [0.1, 0.15) is 4.88 Å². The maximum atomic E-state index is 10.8. The molecule has 1 aliphatic heterocycles. The van der Waals surface area contributed by atoms with Crippen molar-refractivity contribution in [3.63, 3.8) is 0 Å². The van der Waals surface area contributed by atoms with Crippen LogP contribution in [0, 0.1) is 11.8 Å². The summed E-state index contributed by atoms with van der Waals surface area (Å²) in [5, 5.41) is 8.91. The first-order valence-corrected chi connectivity index (χ1v) is 6.06. The largest absolute Gasteiger partial charge is 0.465 e. The topological polar surface area (TPSA) is 79.5 Å². The molecule has 3 atom stereocenters. The van der Waals surface area contributed by atoms with Gasteiger partial charge in [-0.1, -0.05) is 0 Å². The molecule has 0 radical (unpaired) electrons. The summed E-state index contributed by atoms with van der Waals surface area (Å²) in [6.07, 6.45) is 0.975. The van der Waals surface area contributed by atoms with Crippen molar-refractivity contribution in [2.75, 3.05) is 19.6 Å². The van der Waals surface area contributed by atoms with Crippen molar-refractivity contribution >= 4 is 17.6 Å². The predicted octanol–water partition coefficient (Wildman–Crippen LogP) is 0.579. The monoisotopic (exact) mass is 239 g/mol. The van der Waals surface area contributed by atoms with E-state index in [1.54, 1.807) is 6.20 Å². The first-order chi connectivity index (χ1) is 7.70. The van der Waals surface area contributed by atoms with Gasteiger partial charge in [-0.3, -0.25) is 0 Å². The SMILES string of the molecule is NC[C@@]1(c2ccns2)[C@@H]2CN(C(=O)O)C[C@@H]21. The number of aromatic nitrogens is 1. The lowest BCUT2D eigenvalue weighted by molar-refractivity contribution is 0.147. The van der Waals surface area contributed by atoms with Gasteiger partial charge in [-0.2, -0.15) is 0 Å². The van der Waals surface area contributed by atoms with Crippen LogP contribution >= 0.6 is 11.5 Å². The van der Waals surface area contributed by atoms with Crippen LogP contribution in [0.2, 0.25) is 0 Å². The summed E-state index contributed by atoms with van der Waals surface area (Å²) in [5.41, 5.74) is 5.91. The number of nitrogens with zero attached hydrogens (tertiary/aromatic N) is 2. The highest BCUT2D eigenvalue weighted by Crippen LogP contribution is 2.63. The Bertz CT molecular complexity index is 408. The van der Waals surface area contributed by atoms with Crippen LogP contribution in [0.25, 0.3) is 0 Å². The summed E-state index contributed by atoms with van der Waals surface area (Å²) < 4.78 is 4.11. The molecule has 0 spiro atoms. The second-order valence-corrected chi connectivity index (χ2v) is 5.35. The van der Waals surface area contributed by atoms with Crippen molar-refractivity contribution in [1.82, 2.24) is 9.27 Å². The Balaban J connectivity index is 1.83. The third-order valence-corrected chi connectivity index (χ3v) is 4.98. The van der Waals surface area contributed by atoms with Crippen molar-refractivity contribution < 1.29 is 9.90 Å². The zero-order valence-electron chi connectivity index (χ0n) is 8.67. The summed E-state index contributed by atoms with van der Waals surface area (Å²) in [6.45, 7) is 1.84. The van der Waals surface area contributed by atoms with E-state index in [0.717, 1.165) is 0 Å². The van der Waals surface area contributed by atoms with Gasteiger partial charge in [0.1, 0.15) is 0 Å². The first-order valence-electron chi connectivity index (χ1n) is 5.29. The Morgan fingerprint density at radius 1 is 1.69 bits per heavy atom. The van der Waals surface area contributed by atoms with Gasteiger partial charge in [0.25, 0.3) is 0 Å². The molecule has 1 aliphatic carbocycles. The summed E-state index contributed by atoms with van der Waals surface area (Å²) in [6, 6.07) is 2.01. The molecule has 1 saturated heterocycles. The molecule has 2 heterocycles. The maximum Gasteiger partial charge on any atom is 0.407 e. The molecule has 0 unspecified atom stereocenters. The highest BCUT2D eigenvalue weighted by atomic mass is 32.1. The van der Waals surface area contributed by atoms with Gasteiger partial charge in [0.15, 0.2) is 0 Å². The molecule has 86 valence electrons. The Morgan fingerprint density at radius 2 is 2.38 bits per heavy atom. The van der Waals surface area contributed by atoms with Gasteiger partial charge in [0, 0.05) is 36.1 Å². The molecule has 3 rings (SSSR count). The van der Waals surface area contributed by atoms with E-state index in [4.69, 9.17) is 10.8 Å². The van der Waals surface area contributed by atoms with Gasteiger partial charge in [0.2, 0.25) is 0 Å². The Kier molecular flexibility index (Phi) is 1.99. The minimum Gasteiger partial charge on any atom is -0.465 e. The van der Waals surface area contributed by atoms with Crippen LogP contribution in [0.5, 0.6) is 0 Å². The summed E-state index contributed by atoms with van der Waals surface area (Å²) in [5.74, 6) is 0.795. The van der Waals surface area contributed by atoms with Crippen LogP contribution in [0.3, 0.4) is 0 Å². The first kappa shape index (κ1) is 10.0. The zero-order chi connectivity index (χ0) is 11.3. The lowest BCUT2D eigenvalue weighted by atomic mass is 9.98. The summed E-state index contributed by atoms with van der Waals surface area (Å²) in [7, 11) is 0. The van der Waals surface area contributed by atoms with Crippen LogP contribution in [0.4, 0.5) is 4.79 Å². The fourth-order valence-corrected chi connectivity index (χ4v) is 4.03. The van der Waals surface area contributed by atoms with Crippen LogP contribution in [0.15, 0.2) is 12.3 Å². The van der Waals surface area contributed by atoms with E-state index < -0.39 is 6.09 Å². The maximum absolute atomic E-state index is 10.8. The van der Waals surface area contributed by atoms with Gasteiger partial charge in [-0.25, -0.2) is 9.17 Å². The van der Waals surface area contributed by atoms with E-state index in [9.17, 15) is 4.79 Å². The number of amides is 1. The highest BCUT2D eigenvalue weighted by Gasteiger charge is 2.69. The third-order valence-electron chi connectivity index (χ3n) is 4.04. The molecule has 2 aliphatic rings. The Morgan fingerprint density at radius 3 is 2.81 bits per heavy atom. The number of carbonyl (C=O) groups is 1. The van der Waals surface area contributed by atoms with Crippen LogP contribution in [-0.4, -0.2) is 40.1 Å². The number of hydrogen-bond acceptors (Lipinski definition) is 4. The van der Waals surface area contributed by atoms with Crippen molar-refractivity contribution in [3.05, 3.63) is 17.1 Å². The molecule has 0 bridgehead atoms. The van der Waals surface area contributed by atoms with E-state index in [0.29, 0.717) is 31.5 Å². The van der Waals surface area contributed by atoms with E-state index >= 15 is 0 Å². The second kappa shape index (κ2) is 3.18. The fourth-order valence-electron chi connectivity index (χ4n) is 3.12. The number of nitrogens with two attached hydrogens (primary N) is 1. The smallest absolute Gasteiger partial charge is 0.407 e. The molecular weight excluding hydrogens is 226 g/mol. The lowest BCUT2D eigenvalue weighted by Gasteiger charge is -2.22. The zero-order valence-corrected chi connectivity index (χ0v) is 9.48. The molecule has 16 heavy (non-hydrogen) atoms. The average Bonchev–Trinajstić information content (AvgIpc) is 2.75. The van der Waals surface area contributed by atoms with Crippen molar-refractivity contribution in [2.24, 2.45) is 17.6 Å². The molecule has 0 aromatic carbocycles. The van der Waals surface area contributed by atoms with Gasteiger partial charge in [-0.05, 0) is 29.4 Å². The summed E-state index contributed by atoms with van der Waals surface area (Å²) >= 11 is 1.49. The molecule has 6 heteroatoms. The fraction of sp³-hybridized carbons (Fsp3) is 0.600. The minimum atomic E-state index is -0.817. The Labute approximate surface area is 97.0 Å². The van der Waals surface area contributed by atoms with E-state index in [2.05, 4.69) is 4.37 Å². The number of fused-ring (bicyclic) bond motifs is 1. The standard InChI is InChI=1S/C10H13N3O2S/c11-5-10(8-1-2-12-16-8)6-3-13(9(14)15)4-7(6)10/h1-2,6-7H,3-5,11H2,(H,14,15)/t6-,7+,10-. The number of likely N-dealkylation sites (tertiary alicyclic amines) is 1. The number of hydrogen-bond donors (Lipinski definition) is 2. The third kappa shape index (κ3) is 1.08. The minimum absolute atomic E-state index is 0.0209. The molecule has 5 nitrogen and oxygen atoms in total. The van der Waals surface area contributed by atoms with Gasteiger partial charge in [0.05, 0.1) is 0 Å². The lowest BCUT2D eigenvalue weighted by Crippen LogP contribution is -2.36. The second-order valence-electron chi connectivity index (χ2n) is 4.52. The van der Waals surface area contributed by atoms with E-state index in [1.807, 2.05) is 6.07 Å². The average molecular weight is 239 g/mol. The van der Waals surface area contributed by atoms with Gasteiger partial charge >= 0.3 is 6.09 Å². The normalized spacial score (nSPS) is 36.2. The van der Waals surface area contributed by atoms with Crippen molar-refractivity contribution in [2.45, 2.75) is 5.41 Å². The van der Waals surface area contributed by atoms with Crippen LogP contribution < -0.4 is 5.73 Å².